The second-order valence-corrected chi connectivity index (χ2v) is 8.23. The highest BCUT2D eigenvalue weighted by atomic mass is 19.1. The quantitative estimate of drug-likeness (QED) is 0.815. The molecule has 0 aromatic heterocycles. The van der Waals surface area contributed by atoms with Crippen molar-refractivity contribution in [2.75, 3.05) is 19.6 Å². The van der Waals surface area contributed by atoms with Crippen molar-refractivity contribution in [3.63, 3.8) is 0 Å². The zero-order valence-electron chi connectivity index (χ0n) is 16.6. The number of likely N-dealkylation sites (tertiary alicyclic amines) is 1. The molecule has 28 heavy (non-hydrogen) atoms. The van der Waals surface area contributed by atoms with Crippen LogP contribution < -0.4 is 5.32 Å². The van der Waals surface area contributed by atoms with Crippen LogP contribution >= 0.6 is 0 Å². The van der Waals surface area contributed by atoms with Gasteiger partial charge < -0.3 is 15.3 Å². The van der Waals surface area contributed by atoms with Crippen LogP contribution in [-0.2, 0) is 11.2 Å². The first-order chi connectivity index (χ1) is 13.3. The lowest BCUT2D eigenvalue weighted by atomic mass is 9.90. The molecule has 5 nitrogen and oxygen atoms in total. The lowest BCUT2D eigenvalue weighted by molar-refractivity contribution is -0.129. The van der Waals surface area contributed by atoms with Gasteiger partial charge >= 0.3 is 0 Å². The Morgan fingerprint density at radius 3 is 2.68 bits per heavy atom. The molecule has 1 aromatic rings. The topological polar surface area (TPSA) is 69.6 Å². The number of nitrogens with one attached hydrogen (secondary N) is 1. The minimum atomic E-state index is -1.58. The normalized spacial score (nSPS) is 19.2. The second-order valence-electron chi connectivity index (χ2n) is 8.23. The molecule has 1 fully saturated rings. The van der Waals surface area contributed by atoms with Crippen molar-refractivity contribution in [3.8, 4) is 0 Å². The number of benzene rings is 1. The van der Waals surface area contributed by atoms with Crippen molar-refractivity contribution in [1.82, 2.24) is 10.2 Å². The summed E-state index contributed by atoms with van der Waals surface area (Å²) in [6.45, 7) is 4.10. The zero-order chi connectivity index (χ0) is 20.3. The van der Waals surface area contributed by atoms with E-state index in [0.717, 1.165) is 12.8 Å². The second kappa shape index (κ2) is 8.43. The number of hydrogen-bond acceptors (Lipinski definition) is 3. The zero-order valence-corrected chi connectivity index (χ0v) is 16.6. The number of aryl methyl sites for hydroxylation is 1. The molecule has 0 saturated carbocycles. The van der Waals surface area contributed by atoms with Crippen LogP contribution in [0.2, 0.25) is 0 Å². The summed E-state index contributed by atoms with van der Waals surface area (Å²) in [7, 11) is 0. The molecule has 2 N–H and O–H groups in total. The maximum absolute atomic E-state index is 13.7. The first kappa shape index (κ1) is 20.5. The SMILES string of the molecule is CC(C)C(F)C(=O)NCC1(O)CCN(C(=O)c2ccc3c(c2)CCC=C3)CC1. The number of piperidine rings is 1. The summed E-state index contributed by atoms with van der Waals surface area (Å²) in [5.74, 6) is -1.13. The van der Waals surface area contributed by atoms with Gasteiger partial charge in [-0.2, -0.15) is 0 Å². The molecule has 1 aromatic carbocycles. The van der Waals surface area contributed by atoms with Gasteiger partial charge in [0.05, 0.1) is 5.60 Å². The molecule has 0 radical (unpaired) electrons. The van der Waals surface area contributed by atoms with Gasteiger partial charge in [0.25, 0.3) is 11.8 Å². The Hall–Kier alpha value is -2.21. The predicted octanol–water partition coefficient (Wildman–Crippen LogP) is 2.72. The Bertz CT molecular complexity index is 767. The van der Waals surface area contributed by atoms with Gasteiger partial charge in [-0.05, 0) is 54.9 Å². The summed E-state index contributed by atoms with van der Waals surface area (Å²) in [6.07, 6.45) is 5.28. The molecular formula is C22H29FN2O3. The molecule has 1 aliphatic heterocycles. The highest BCUT2D eigenvalue weighted by Crippen LogP contribution is 2.25. The predicted molar refractivity (Wildman–Crippen MR) is 107 cm³/mol. The summed E-state index contributed by atoms with van der Waals surface area (Å²) in [5.41, 5.74) is 1.92. The molecule has 1 unspecified atom stereocenters. The maximum Gasteiger partial charge on any atom is 0.254 e. The van der Waals surface area contributed by atoms with Gasteiger partial charge in [-0.1, -0.05) is 32.1 Å². The fraction of sp³-hybridized carbons (Fsp3) is 0.545. The van der Waals surface area contributed by atoms with E-state index in [0.29, 0.717) is 31.5 Å². The van der Waals surface area contributed by atoms with Crippen molar-refractivity contribution in [2.24, 2.45) is 5.92 Å². The van der Waals surface area contributed by atoms with E-state index in [-0.39, 0.29) is 12.5 Å². The Balaban J connectivity index is 1.55. The molecule has 2 aliphatic rings. The number of allylic oxidation sites excluding steroid dienone is 1. The Morgan fingerprint density at radius 1 is 1.29 bits per heavy atom. The van der Waals surface area contributed by atoms with Gasteiger partial charge in [0.15, 0.2) is 6.17 Å². The van der Waals surface area contributed by atoms with Gasteiger partial charge in [-0.15, -0.1) is 0 Å². The third-order valence-corrected chi connectivity index (χ3v) is 5.68. The summed E-state index contributed by atoms with van der Waals surface area (Å²) >= 11 is 0. The van der Waals surface area contributed by atoms with Crippen LogP contribution in [0.5, 0.6) is 0 Å². The van der Waals surface area contributed by atoms with E-state index in [1.54, 1.807) is 18.7 Å². The van der Waals surface area contributed by atoms with Gasteiger partial charge in [0.1, 0.15) is 0 Å². The van der Waals surface area contributed by atoms with E-state index in [1.165, 1.54) is 11.1 Å². The van der Waals surface area contributed by atoms with Crippen molar-refractivity contribution < 1.29 is 19.1 Å². The third kappa shape index (κ3) is 4.61. The molecule has 1 heterocycles. The molecule has 1 saturated heterocycles. The van der Waals surface area contributed by atoms with Crippen LogP contribution in [0.1, 0.15) is 54.6 Å². The Morgan fingerprint density at radius 2 is 2.00 bits per heavy atom. The number of carbonyl (C=O) groups excluding carboxylic acids is 2. The number of hydrogen-bond donors (Lipinski definition) is 2. The Kier molecular flexibility index (Phi) is 6.18. The van der Waals surface area contributed by atoms with Gasteiger partial charge in [0.2, 0.25) is 0 Å². The van der Waals surface area contributed by atoms with Crippen molar-refractivity contribution in [2.45, 2.75) is 51.3 Å². The van der Waals surface area contributed by atoms with Crippen LogP contribution in [0.15, 0.2) is 24.3 Å². The minimum Gasteiger partial charge on any atom is -0.388 e. The third-order valence-electron chi connectivity index (χ3n) is 5.68. The molecule has 3 rings (SSSR count). The maximum atomic E-state index is 13.7. The molecular weight excluding hydrogens is 359 g/mol. The summed E-state index contributed by atoms with van der Waals surface area (Å²) in [5, 5.41) is 13.2. The van der Waals surface area contributed by atoms with E-state index in [9.17, 15) is 19.1 Å². The fourth-order valence-corrected chi connectivity index (χ4v) is 3.70. The number of nitrogens with zero attached hydrogens (tertiary/aromatic N) is 1. The van der Waals surface area contributed by atoms with Crippen molar-refractivity contribution >= 4 is 17.9 Å². The number of carbonyl (C=O) groups is 2. The van der Waals surface area contributed by atoms with E-state index < -0.39 is 23.6 Å². The van der Waals surface area contributed by atoms with Crippen LogP contribution in [0.3, 0.4) is 0 Å². The fourth-order valence-electron chi connectivity index (χ4n) is 3.70. The average molecular weight is 388 g/mol. The molecule has 0 bridgehead atoms. The molecule has 0 spiro atoms. The largest absolute Gasteiger partial charge is 0.388 e. The molecule has 1 aliphatic carbocycles. The number of rotatable bonds is 5. The van der Waals surface area contributed by atoms with E-state index >= 15 is 0 Å². The highest BCUT2D eigenvalue weighted by molar-refractivity contribution is 5.95. The number of aliphatic hydroxyl groups is 1. The monoisotopic (exact) mass is 388 g/mol. The number of halogens is 1. The van der Waals surface area contributed by atoms with Gasteiger partial charge in [0, 0.05) is 25.2 Å². The van der Waals surface area contributed by atoms with Gasteiger partial charge in [-0.3, -0.25) is 9.59 Å². The van der Waals surface area contributed by atoms with Gasteiger partial charge in [-0.25, -0.2) is 4.39 Å². The summed E-state index contributed by atoms with van der Waals surface area (Å²) in [4.78, 5) is 26.4. The number of fused-ring (bicyclic) bond motifs is 1. The highest BCUT2D eigenvalue weighted by Gasteiger charge is 2.35. The average Bonchev–Trinajstić information content (AvgIpc) is 2.71. The summed E-state index contributed by atoms with van der Waals surface area (Å²) in [6, 6.07) is 5.80. The van der Waals surface area contributed by atoms with Crippen molar-refractivity contribution in [1.29, 1.82) is 0 Å². The molecule has 1 atom stereocenters. The Labute approximate surface area is 165 Å². The standard InChI is InChI=1S/C22H29FN2O3/c1-15(2)19(23)20(26)24-14-22(28)9-11-25(12-10-22)21(27)18-8-7-16-5-3-4-6-17(16)13-18/h3,5,7-8,13,15,19,28H,4,6,9-12,14H2,1-2H3,(H,24,26). The number of amides is 2. The van der Waals surface area contributed by atoms with E-state index in [1.807, 2.05) is 18.2 Å². The molecule has 2 amide bonds. The molecule has 6 heteroatoms. The van der Waals surface area contributed by atoms with Crippen molar-refractivity contribution in [3.05, 3.63) is 41.0 Å². The number of alkyl halides is 1. The summed E-state index contributed by atoms with van der Waals surface area (Å²) < 4.78 is 13.7. The smallest absolute Gasteiger partial charge is 0.254 e. The van der Waals surface area contributed by atoms with Crippen LogP contribution in [0.25, 0.3) is 6.08 Å². The van der Waals surface area contributed by atoms with Crippen LogP contribution in [0, 0.1) is 5.92 Å². The van der Waals surface area contributed by atoms with E-state index in [4.69, 9.17) is 0 Å². The minimum absolute atomic E-state index is 0.00613. The molecule has 152 valence electrons. The van der Waals surface area contributed by atoms with E-state index in [2.05, 4.69) is 17.5 Å². The lowest BCUT2D eigenvalue weighted by Crippen LogP contribution is -2.53. The van der Waals surface area contributed by atoms with Crippen LogP contribution in [0.4, 0.5) is 4.39 Å². The first-order valence-electron chi connectivity index (χ1n) is 10.0. The van der Waals surface area contributed by atoms with Crippen LogP contribution in [-0.4, -0.2) is 53.2 Å². The lowest BCUT2D eigenvalue weighted by Gasteiger charge is -2.38. The first-order valence-corrected chi connectivity index (χ1v) is 10.0.